The number of hydrogen-bond acceptors (Lipinski definition) is 14. The van der Waals surface area contributed by atoms with E-state index in [0.717, 1.165) is 18.7 Å². The van der Waals surface area contributed by atoms with Gasteiger partial charge in [0.2, 0.25) is 59.1 Å². The smallest absolute Gasteiger partial charge is 0.246 e. The highest BCUT2D eigenvalue weighted by atomic mass is 16.3. The molecule has 4 rings (SSSR count). The number of nitrogens with two attached hydrogens (primary N) is 1. The van der Waals surface area contributed by atoms with Crippen molar-refractivity contribution in [3.63, 3.8) is 0 Å². The van der Waals surface area contributed by atoms with Gasteiger partial charge in [0.15, 0.2) is 0 Å². The predicted molar refractivity (Wildman–Crippen MR) is 252 cm³/mol. The highest BCUT2D eigenvalue weighted by Crippen LogP contribution is 2.21. The number of hydrogen-bond donors (Lipinski definition) is 13. The van der Waals surface area contributed by atoms with Gasteiger partial charge >= 0.3 is 0 Å². The fraction of sp³-hybridized carbons (Fsp3) is 0.532. The molecule has 0 aromatic heterocycles. The number of aliphatic hydroxyl groups excluding tert-OH is 3. The van der Waals surface area contributed by atoms with Crippen LogP contribution in [-0.2, 0) is 60.8 Å². The van der Waals surface area contributed by atoms with Gasteiger partial charge in [-0.2, -0.15) is 0 Å². The molecule has 2 aromatic rings. The number of amides is 10. The lowest BCUT2D eigenvalue weighted by Crippen LogP contribution is -2.64. The van der Waals surface area contributed by atoms with Crippen molar-refractivity contribution in [1.29, 1.82) is 0 Å². The number of carbonyl (C=O) groups is 10. The summed E-state index contributed by atoms with van der Waals surface area (Å²) in [5.74, 6) is -10.8. The number of benzene rings is 2. The van der Waals surface area contributed by atoms with Gasteiger partial charge in [-0.25, -0.2) is 0 Å². The molecule has 388 valence electrons. The van der Waals surface area contributed by atoms with Crippen LogP contribution in [0.15, 0.2) is 54.6 Å². The van der Waals surface area contributed by atoms with E-state index in [2.05, 4.69) is 42.5 Å². The predicted octanol–water partition coefficient (Wildman–Crippen LogP) is -4.24. The van der Waals surface area contributed by atoms with Crippen molar-refractivity contribution in [1.82, 2.24) is 47.4 Å². The van der Waals surface area contributed by atoms with Crippen LogP contribution in [0.5, 0.6) is 5.75 Å². The number of nitrogens with zero attached hydrogens (tertiary/aromatic N) is 1. The standard InChI is InChI=1S/C47H66N10O14/c1-6-23(2)36-44(68)49-24(3)39(63)50-30(20-28-14-16-29(61)17-15-28)40(64)52-32(21-35(48)62)47(71)57-18-10-13-34(57)43(67)51-31(19-27-11-8-7-9-12-27)41(65)55-38(26(5)60)46(70)56-37(25(4)59)45(69)53-33(22-58)42(66)54-36/h7-9,11-12,14-17,23-26,30-34,36-38,58-61H,6,10,13,18-22H2,1-5H3,(H2,48,62)(H,49,68)(H,50,63)(H,51,67)(H,52,64)(H,53,69)(H,54,66)(H,55,65)(H,56,70)/t23-,24-,25+,26+,30-,31-,32-,33-,34-,36-,37+,38+/m0/s1. The zero-order valence-corrected chi connectivity index (χ0v) is 40.2. The summed E-state index contributed by atoms with van der Waals surface area (Å²) in [6.45, 7) is 5.77. The first-order valence-corrected chi connectivity index (χ1v) is 23.4. The Kier molecular flexibility index (Phi) is 20.8. The lowest BCUT2D eigenvalue weighted by atomic mass is 9.97. The minimum atomic E-state index is -1.86. The summed E-state index contributed by atoms with van der Waals surface area (Å²) in [4.78, 5) is 139. The van der Waals surface area contributed by atoms with Crippen LogP contribution >= 0.6 is 0 Å². The minimum absolute atomic E-state index is 0.0398. The molecule has 2 fully saturated rings. The Hall–Kier alpha value is -7.18. The summed E-state index contributed by atoms with van der Waals surface area (Å²) in [7, 11) is 0. The summed E-state index contributed by atoms with van der Waals surface area (Å²) in [5.41, 5.74) is 6.52. The highest BCUT2D eigenvalue weighted by Gasteiger charge is 2.42. The van der Waals surface area contributed by atoms with Crippen molar-refractivity contribution in [3.8, 4) is 5.75 Å². The highest BCUT2D eigenvalue weighted by molar-refractivity contribution is 6.00. The van der Waals surface area contributed by atoms with Crippen LogP contribution in [0, 0.1) is 5.92 Å². The topological polar surface area (TPSA) is 377 Å². The molecule has 0 radical (unpaired) electrons. The van der Waals surface area contributed by atoms with Crippen LogP contribution in [0.1, 0.15) is 71.4 Å². The quantitative estimate of drug-likeness (QED) is 0.102. The second-order valence-electron chi connectivity index (χ2n) is 17.9. The molecule has 14 N–H and O–H groups in total. The third kappa shape index (κ3) is 15.9. The molecular formula is C47H66N10O14. The molecule has 2 aliphatic rings. The van der Waals surface area contributed by atoms with Crippen molar-refractivity contribution in [3.05, 3.63) is 65.7 Å². The van der Waals surface area contributed by atoms with E-state index in [1.54, 1.807) is 44.2 Å². The number of aliphatic hydroxyl groups is 3. The Morgan fingerprint density at radius 2 is 1.08 bits per heavy atom. The Morgan fingerprint density at radius 1 is 0.620 bits per heavy atom. The first-order chi connectivity index (χ1) is 33.5. The van der Waals surface area contributed by atoms with Gasteiger partial charge in [0, 0.05) is 19.4 Å². The molecule has 2 saturated heterocycles. The van der Waals surface area contributed by atoms with Crippen molar-refractivity contribution in [2.24, 2.45) is 11.7 Å². The number of primary amides is 1. The van der Waals surface area contributed by atoms with E-state index >= 15 is 0 Å². The Balaban J connectivity index is 1.80. The molecule has 0 aliphatic carbocycles. The summed E-state index contributed by atoms with van der Waals surface area (Å²) in [5, 5.41) is 61.1. The maximum absolute atomic E-state index is 14.4. The monoisotopic (exact) mass is 994 g/mol. The van der Waals surface area contributed by atoms with Crippen LogP contribution < -0.4 is 48.3 Å². The molecule has 2 aromatic carbocycles. The van der Waals surface area contributed by atoms with Gasteiger partial charge in [0.05, 0.1) is 25.2 Å². The van der Waals surface area contributed by atoms with Gasteiger partial charge in [0.25, 0.3) is 0 Å². The summed E-state index contributed by atoms with van der Waals surface area (Å²) in [6, 6.07) is -0.261. The summed E-state index contributed by atoms with van der Waals surface area (Å²) in [6.07, 6.45) is -3.88. The third-order valence-corrected chi connectivity index (χ3v) is 12.3. The maximum atomic E-state index is 14.4. The molecule has 71 heavy (non-hydrogen) atoms. The molecule has 2 heterocycles. The van der Waals surface area contributed by atoms with Crippen LogP contribution in [0.25, 0.3) is 0 Å². The van der Waals surface area contributed by atoms with E-state index in [9.17, 15) is 68.4 Å². The van der Waals surface area contributed by atoms with E-state index in [-0.39, 0.29) is 38.0 Å². The lowest BCUT2D eigenvalue weighted by molar-refractivity contribution is -0.143. The van der Waals surface area contributed by atoms with Gasteiger partial charge in [-0.15, -0.1) is 0 Å². The second-order valence-corrected chi connectivity index (χ2v) is 17.9. The van der Waals surface area contributed by atoms with Crippen LogP contribution in [0.3, 0.4) is 0 Å². The second kappa shape index (κ2) is 26.1. The van der Waals surface area contributed by atoms with E-state index < -0.39 is 145 Å². The largest absolute Gasteiger partial charge is 0.508 e. The Labute approximate surface area is 410 Å². The fourth-order valence-electron chi connectivity index (χ4n) is 7.96. The molecule has 0 spiro atoms. The maximum Gasteiger partial charge on any atom is 0.246 e. The summed E-state index contributed by atoms with van der Waals surface area (Å²) >= 11 is 0. The molecule has 2 aliphatic heterocycles. The van der Waals surface area contributed by atoms with Crippen molar-refractivity contribution >= 4 is 59.1 Å². The van der Waals surface area contributed by atoms with Gasteiger partial charge in [0.1, 0.15) is 60.1 Å². The zero-order chi connectivity index (χ0) is 52.7. The first-order valence-electron chi connectivity index (χ1n) is 23.4. The first kappa shape index (κ1) is 56.4. The molecule has 0 bridgehead atoms. The SMILES string of the molecule is CC[C@H](C)[C@@H]1NC(=O)[C@H](CO)NC(=O)[C@@H]([C@@H](C)O)NC(=O)[C@@H]([C@@H](C)O)NC(=O)[C@H](Cc2ccccc2)NC(=O)[C@@H]2CCCN2C(=O)[C@H](CC(N)=O)NC(=O)[C@H](Cc2ccc(O)cc2)NC(=O)[C@H](C)NC1=O. The zero-order valence-electron chi connectivity index (χ0n) is 40.2. The number of nitrogens with one attached hydrogen (secondary N) is 8. The van der Waals surface area contributed by atoms with E-state index in [1.165, 1.54) is 31.2 Å². The minimum Gasteiger partial charge on any atom is -0.508 e. The van der Waals surface area contributed by atoms with Gasteiger partial charge in [-0.05, 0) is 62.8 Å². The van der Waals surface area contributed by atoms with Gasteiger partial charge < -0.3 is 73.6 Å². The van der Waals surface area contributed by atoms with Gasteiger partial charge in [-0.1, -0.05) is 62.7 Å². The van der Waals surface area contributed by atoms with Crippen LogP contribution in [-0.4, -0.2) is 164 Å². The third-order valence-electron chi connectivity index (χ3n) is 12.3. The number of phenols is 1. The molecule has 10 amide bonds. The van der Waals surface area contributed by atoms with E-state index in [4.69, 9.17) is 5.73 Å². The van der Waals surface area contributed by atoms with Gasteiger partial charge in [-0.3, -0.25) is 47.9 Å². The van der Waals surface area contributed by atoms with Crippen molar-refractivity contribution in [2.75, 3.05) is 13.2 Å². The lowest BCUT2D eigenvalue weighted by Gasteiger charge is -2.31. The average molecular weight is 995 g/mol. The molecule has 12 atom stereocenters. The molecule has 24 heteroatoms. The summed E-state index contributed by atoms with van der Waals surface area (Å²) < 4.78 is 0. The average Bonchev–Trinajstić information content (AvgIpc) is 3.82. The normalized spacial score (nSPS) is 27.4. The van der Waals surface area contributed by atoms with Crippen LogP contribution in [0.4, 0.5) is 0 Å². The van der Waals surface area contributed by atoms with Crippen LogP contribution in [0.2, 0.25) is 0 Å². The number of carbonyl (C=O) groups excluding carboxylic acids is 10. The fourth-order valence-corrected chi connectivity index (χ4v) is 7.96. The van der Waals surface area contributed by atoms with Crippen molar-refractivity contribution < 1.29 is 68.4 Å². The van der Waals surface area contributed by atoms with Crippen molar-refractivity contribution in [2.45, 2.75) is 140 Å². The molecule has 0 unspecified atom stereocenters. The number of aromatic hydroxyl groups is 1. The number of rotatable bonds is 11. The number of phenolic OH excluding ortho intramolecular Hbond substituents is 1. The molecular weight excluding hydrogens is 929 g/mol. The van der Waals surface area contributed by atoms with E-state index in [0.29, 0.717) is 17.5 Å². The Morgan fingerprint density at radius 3 is 1.63 bits per heavy atom. The Bertz CT molecular complexity index is 2250. The molecule has 24 nitrogen and oxygen atoms in total. The molecule has 0 saturated carbocycles. The van der Waals surface area contributed by atoms with E-state index in [1.807, 2.05) is 0 Å². The number of fused-ring (bicyclic) bond motifs is 1.